The van der Waals surface area contributed by atoms with Crippen LogP contribution >= 0.6 is 0 Å². The average Bonchev–Trinajstić information content (AvgIpc) is 0.815. The highest BCUT2D eigenvalue weighted by atomic mass is 19.2. The Bertz CT molecular complexity index is 4860. The summed E-state index contributed by atoms with van der Waals surface area (Å²) in [6, 6.07) is 50.1. The van der Waals surface area contributed by atoms with Crippen LogP contribution in [0.15, 0.2) is 189 Å². The van der Waals surface area contributed by atoms with E-state index in [0.29, 0.717) is 84.9 Å². The molecule has 0 spiro atoms. The lowest BCUT2D eigenvalue weighted by molar-refractivity contribution is 0.147. The lowest BCUT2D eigenvalue weighted by atomic mass is 10.1. The molecule has 0 unspecified atom stereocenters. The van der Waals surface area contributed by atoms with Crippen molar-refractivity contribution in [2.24, 2.45) is 11.8 Å². The smallest absolute Gasteiger partial charge is 0.225 e. The summed E-state index contributed by atoms with van der Waals surface area (Å²) in [4.78, 5) is 71.6. The first-order valence-electron chi connectivity index (χ1n) is 54.7. The van der Waals surface area contributed by atoms with Gasteiger partial charge >= 0.3 is 0 Å². The molecular formula is C116H178F7N25. The molecule has 0 saturated carbocycles. The van der Waals surface area contributed by atoms with Crippen LogP contribution in [0.3, 0.4) is 0 Å². The third kappa shape index (κ3) is 39.3. The third-order valence-electron chi connectivity index (χ3n) is 29.1. The summed E-state index contributed by atoms with van der Waals surface area (Å²) >= 11 is 0. The van der Waals surface area contributed by atoms with E-state index in [1.165, 1.54) is 80.9 Å². The molecule has 9 aromatic rings. The van der Waals surface area contributed by atoms with Crippen LogP contribution < -0.4 is 44.1 Å². The fourth-order valence-corrected chi connectivity index (χ4v) is 20.6. The molecule has 6 aromatic heterocycles. The number of anilines is 9. The maximum absolute atomic E-state index is 13.7. The lowest BCUT2D eigenvalue weighted by Crippen LogP contribution is -2.54. The summed E-state index contributed by atoms with van der Waals surface area (Å²) in [5.41, 5.74) is 3.62. The fourth-order valence-electron chi connectivity index (χ4n) is 20.6. The van der Waals surface area contributed by atoms with Crippen molar-refractivity contribution in [3.8, 4) is 0 Å². The van der Waals surface area contributed by atoms with Crippen LogP contribution in [0.5, 0.6) is 0 Å². The highest BCUT2D eigenvalue weighted by molar-refractivity contribution is 5.50. The Kier molecular flexibility index (Phi) is 49.6. The molecule has 0 bridgehead atoms. The normalized spacial score (nSPS) is 20.0. The molecule has 0 amide bonds. The maximum atomic E-state index is 13.7. The van der Waals surface area contributed by atoms with Gasteiger partial charge in [-0.25, -0.2) is 65.6 Å². The van der Waals surface area contributed by atoms with E-state index in [0.717, 1.165) is 243 Å². The van der Waals surface area contributed by atoms with Gasteiger partial charge in [0, 0.05) is 325 Å². The Balaban J connectivity index is 0.000000170. The maximum Gasteiger partial charge on any atom is 0.225 e. The van der Waals surface area contributed by atoms with E-state index in [1.54, 1.807) is 24.3 Å². The number of para-hydroxylation sites is 1. The Morgan fingerprint density at radius 1 is 0.243 bits per heavy atom. The van der Waals surface area contributed by atoms with Gasteiger partial charge in [-0.05, 0) is 246 Å². The molecule has 4 atom stereocenters. The first kappa shape index (κ1) is 120. The zero-order chi connectivity index (χ0) is 107. The number of benzene rings is 3. The molecule has 9 saturated heterocycles. The topological polar surface area (TPSA) is 149 Å². The van der Waals surface area contributed by atoms with Gasteiger partial charge in [-0.15, -0.1) is 0 Å². The molecule has 18 rings (SSSR count). The number of hydrogen-bond acceptors (Lipinski definition) is 25. The summed E-state index contributed by atoms with van der Waals surface area (Å²) in [6.07, 6.45) is 9.81. The monoisotopic (exact) mass is 2050 g/mol. The van der Waals surface area contributed by atoms with Crippen molar-refractivity contribution < 1.29 is 30.7 Å². The minimum atomic E-state index is -0.634. The predicted octanol–water partition coefficient (Wildman–Crippen LogP) is 18.7. The molecule has 9 aliphatic rings. The number of pyridine rings is 5. The van der Waals surface area contributed by atoms with Gasteiger partial charge in [-0.1, -0.05) is 58.0 Å². The summed E-state index contributed by atoms with van der Waals surface area (Å²) in [6.45, 7) is 84.6. The molecule has 3 aromatic carbocycles. The van der Waals surface area contributed by atoms with Crippen molar-refractivity contribution >= 4 is 52.1 Å². The quantitative estimate of drug-likeness (QED) is 0.0665. The van der Waals surface area contributed by atoms with Crippen LogP contribution in [0, 0.1) is 52.6 Å². The number of aromatic nitrogens is 7. The zero-order valence-electron chi connectivity index (χ0n) is 93.3. The molecule has 0 N–H and O–H groups in total. The van der Waals surface area contributed by atoms with Crippen molar-refractivity contribution in [2.45, 2.75) is 219 Å². The van der Waals surface area contributed by atoms with E-state index in [1.807, 2.05) is 53.7 Å². The molecule has 9 fully saturated rings. The molecule has 0 radical (unpaired) electrons. The fraction of sp³-hybridized carbons (Fsp3) is 0.595. The SMILES string of the molecule is CC(C)CN1CCN(c2ccc(F)cc2)C[C@H]1C.CC(C)CN1CCN(c2ccccn2)CC1.CC(C)N1CCN(c2ccc(F)cc2)C[C@H]1C.CC(C)N1CCN(c2ccc(F)cn2)CC1.CC(C)N1CCN(c2ccc(F)cn2)C[C@H]1C.CC(C)N1CCN(c2ccccc2)CC1.CC(C)N1CCN(c2ccccn2)CC1.CC(C)N1CCN(c2ncc(F)cc2F)C[C@H]1C.CC(C)N1CCN(c2ncc(F)cn2)CC1. The number of hydrogen-bond donors (Lipinski definition) is 0. The molecule has 148 heavy (non-hydrogen) atoms. The van der Waals surface area contributed by atoms with Gasteiger partial charge in [0.15, 0.2) is 17.5 Å². The Morgan fingerprint density at radius 2 is 0.561 bits per heavy atom. The second kappa shape index (κ2) is 61.4. The average molecular weight is 2060 g/mol. The number of rotatable bonds is 20. The summed E-state index contributed by atoms with van der Waals surface area (Å²) < 4.78 is 90.5. The predicted molar refractivity (Wildman–Crippen MR) is 600 cm³/mol. The van der Waals surface area contributed by atoms with Crippen molar-refractivity contribution in [2.75, 3.05) is 267 Å². The Hall–Kier alpha value is -10.2. The summed E-state index contributed by atoms with van der Waals surface area (Å²) in [5, 5.41) is 0. The third-order valence-corrected chi connectivity index (χ3v) is 29.1. The van der Waals surface area contributed by atoms with Crippen molar-refractivity contribution in [3.63, 3.8) is 0 Å². The highest BCUT2D eigenvalue weighted by Gasteiger charge is 2.33. The van der Waals surface area contributed by atoms with Crippen LogP contribution in [0.1, 0.15) is 152 Å². The van der Waals surface area contributed by atoms with Crippen LogP contribution in [-0.2, 0) is 0 Å². The van der Waals surface area contributed by atoms with Crippen LogP contribution in [0.4, 0.5) is 82.8 Å². The number of piperazine rings is 9. The van der Waals surface area contributed by atoms with Crippen molar-refractivity contribution in [1.82, 2.24) is 79.0 Å². The molecule has 25 nitrogen and oxygen atoms in total. The second-order valence-electron chi connectivity index (χ2n) is 43.2. The number of halogens is 7. The minimum Gasteiger partial charge on any atom is -0.369 e. The van der Waals surface area contributed by atoms with Gasteiger partial charge < -0.3 is 44.1 Å². The van der Waals surface area contributed by atoms with Crippen molar-refractivity contribution in [3.05, 3.63) is 230 Å². The molecular weight excluding hydrogens is 1880 g/mol. The largest absolute Gasteiger partial charge is 0.369 e. The Labute approximate surface area is 883 Å². The number of nitrogens with zero attached hydrogens (tertiary/aromatic N) is 25. The standard InChI is InChI=1S/C15H23FN2.C14H21FN2.C13H19F2N3.C13H20FN3.C13H21N3.C13H20N2.C12H18FN3.C12H19N3.C11H17FN4/c1-12(2)10-17-8-9-18(11-13(17)3)15-6-4-14(16)5-7-15;1-11(2)17-9-8-16(10-12(17)3)14-6-4-13(15)5-7-14;1-9(2)18-5-4-17(8-10(18)3)13-12(15)6-11(14)7-16-13;1-10(2)17-7-6-16(9-11(17)3)13-5-4-12(14)8-15-13;1-12(2)11-15-7-9-16(10-8-15)13-5-3-4-6-14-13;1-12(2)14-8-10-15(11-9-14)13-6-4-3-5-7-13;1-10(2)15-5-7-16(8-6-15)12-4-3-11(13)9-14-12;1-11(2)14-7-9-15(10-8-14)12-5-3-4-6-13-12;1-9(2)15-3-5-16(6-4-15)11-13-7-10(12)8-14-11/h4-7,12-13H,8-11H2,1-3H3;4-7,11-12H,8-10H2,1-3H3;6-7,9-10H,4-5,8H2,1-3H3;4-5,8,10-11H,6-7,9H2,1-3H3;3-6,12H,7-11H2,1-2H3;3-7,12H,8-11H2,1-2H3;3-4,9-10H,5-8H2,1-2H3;3-6,11H,7-10H2,1-2H3;7-9H,3-6H2,1-2H3/t13-;12-;10-;11-;;;;;/m1111...../s1. The van der Waals surface area contributed by atoms with Crippen LogP contribution in [0.2, 0.25) is 0 Å². The molecule has 9 aliphatic heterocycles. The van der Waals surface area contributed by atoms with Gasteiger partial charge in [0.25, 0.3) is 0 Å². The van der Waals surface area contributed by atoms with Gasteiger partial charge in [-0.3, -0.25) is 44.1 Å². The van der Waals surface area contributed by atoms with E-state index < -0.39 is 11.6 Å². The van der Waals surface area contributed by atoms with Crippen molar-refractivity contribution in [1.29, 1.82) is 0 Å². The molecule has 0 aliphatic carbocycles. The van der Waals surface area contributed by atoms with Crippen LogP contribution in [0.25, 0.3) is 0 Å². The van der Waals surface area contributed by atoms with Crippen LogP contribution in [-0.4, -0.2) is 368 Å². The van der Waals surface area contributed by atoms with E-state index in [4.69, 9.17) is 0 Å². The second-order valence-corrected chi connectivity index (χ2v) is 43.2. The van der Waals surface area contributed by atoms with Gasteiger partial charge in [0.2, 0.25) is 5.95 Å². The molecule has 15 heterocycles. The van der Waals surface area contributed by atoms with E-state index in [-0.39, 0.29) is 34.9 Å². The summed E-state index contributed by atoms with van der Waals surface area (Å²) in [7, 11) is 0. The first-order chi connectivity index (χ1) is 70.8. The van der Waals surface area contributed by atoms with Gasteiger partial charge in [-0.2, -0.15) is 0 Å². The molecule has 32 heteroatoms. The molecule has 816 valence electrons. The van der Waals surface area contributed by atoms with E-state index in [9.17, 15) is 30.7 Å². The van der Waals surface area contributed by atoms with Gasteiger partial charge in [0.05, 0.1) is 31.0 Å². The lowest BCUT2D eigenvalue weighted by Gasteiger charge is -2.43. The Morgan fingerprint density at radius 3 is 0.926 bits per heavy atom. The van der Waals surface area contributed by atoms with E-state index >= 15 is 0 Å². The highest BCUT2D eigenvalue weighted by Crippen LogP contribution is 2.29. The van der Waals surface area contributed by atoms with Gasteiger partial charge in [0.1, 0.15) is 52.4 Å². The summed E-state index contributed by atoms with van der Waals surface area (Å²) in [5.74, 6) is 3.87. The van der Waals surface area contributed by atoms with E-state index in [2.05, 4.69) is 325 Å². The zero-order valence-corrected chi connectivity index (χ0v) is 93.3. The minimum absolute atomic E-state index is 0.162. The first-order valence-corrected chi connectivity index (χ1v) is 54.7.